The molecule has 2 atom stereocenters. The average molecular weight is 475 g/mol. The van der Waals surface area contributed by atoms with Gasteiger partial charge in [-0.2, -0.15) is 0 Å². The molecule has 1 saturated heterocycles. The van der Waals surface area contributed by atoms with Crippen LogP contribution in [0.5, 0.6) is 5.75 Å². The molecule has 1 aliphatic heterocycles. The number of rotatable bonds is 19. The summed E-state index contributed by atoms with van der Waals surface area (Å²) in [7, 11) is 0. The zero-order valence-electron chi connectivity index (χ0n) is 21.6. The third-order valence-electron chi connectivity index (χ3n) is 7.12. The maximum atomic E-state index is 12.6. The molecule has 0 unspecified atom stereocenters. The van der Waals surface area contributed by atoms with Crippen LogP contribution in [0, 0.1) is 0 Å². The van der Waals surface area contributed by atoms with Crippen molar-refractivity contribution in [1.82, 2.24) is 10.2 Å². The molecule has 1 amide bonds. The van der Waals surface area contributed by atoms with Crippen LogP contribution in [0.4, 0.5) is 0 Å². The predicted molar refractivity (Wildman–Crippen MR) is 141 cm³/mol. The summed E-state index contributed by atoms with van der Waals surface area (Å²) in [5, 5.41) is 23.6. The average Bonchev–Trinajstić information content (AvgIpc) is 3.35. The molecule has 5 heteroatoms. The number of phenols is 1. The van der Waals surface area contributed by atoms with E-state index < -0.39 is 6.10 Å². The summed E-state index contributed by atoms with van der Waals surface area (Å²) in [4.78, 5) is 15.0. The molecule has 1 aromatic rings. The highest BCUT2D eigenvalue weighted by Crippen LogP contribution is 2.22. The van der Waals surface area contributed by atoms with Gasteiger partial charge in [-0.1, -0.05) is 96.1 Å². The highest BCUT2D eigenvalue weighted by atomic mass is 16.3. The third kappa shape index (κ3) is 12.2. The lowest BCUT2D eigenvalue weighted by Gasteiger charge is -2.28. The van der Waals surface area contributed by atoms with Gasteiger partial charge in [-0.05, 0) is 50.0 Å². The van der Waals surface area contributed by atoms with Crippen molar-refractivity contribution in [1.29, 1.82) is 0 Å². The minimum Gasteiger partial charge on any atom is -0.508 e. The van der Waals surface area contributed by atoms with Crippen LogP contribution in [0.15, 0.2) is 24.3 Å². The number of carbonyl (C=O) groups excluding carboxylic acids is 1. The SMILES string of the molecule is CCCCCCCCCCCCCCCC(=O)N[C@H](CN1CCCC1)[C@@H](O)c1ccc(O)cc1. The van der Waals surface area contributed by atoms with Crippen molar-refractivity contribution in [3.05, 3.63) is 29.8 Å². The van der Waals surface area contributed by atoms with Crippen LogP contribution < -0.4 is 5.32 Å². The van der Waals surface area contributed by atoms with Crippen molar-refractivity contribution in [2.45, 2.75) is 122 Å². The second-order valence-corrected chi connectivity index (χ2v) is 10.2. The summed E-state index contributed by atoms with van der Waals surface area (Å²) < 4.78 is 0. The minimum absolute atomic E-state index is 0.0325. The molecule has 0 aliphatic carbocycles. The number of hydrogen-bond acceptors (Lipinski definition) is 4. The van der Waals surface area contributed by atoms with E-state index in [1.54, 1.807) is 24.3 Å². The molecule has 1 aromatic carbocycles. The van der Waals surface area contributed by atoms with Crippen molar-refractivity contribution in [3.63, 3.8) is 0 Å². The second kappa shape index (κ2) is 17.8. The minimum atomic E-state index is -0.781. The normalized spacial score (nSPS) is 15.9. The Labute approximate surface area is 208 Å². The van der Waals surface area contributed by atoms with Gasteiger partial charge in [-0.15, -0.1) is 0 Å². The van der Waals surface area contributed by atoms with Crippen LogP contribution in [-0.2, 0) is 4.79 Å². The van der Waals surface area contributed by atoms with Crippen LogP contribution in [0.3, 0.4) is 0 Å². The highest BCUT2D eigenvalue weighted by molar-refractivity contribution is 5.76. The van der Waals surface area contributed by atoms with Crippen molar-refractivity contribution in [2.24, 2.45) is 0 Å². The Morgan fingerprint density at radius 2 is 1.35 bits per heavy atom. The van der Waals surface area contributed by atoms with Gasteiger partial charge in [-0.25, -0.2) is 0 Å². The summed E-state index contributed by atoms with van der Waals surface area (Å²) >= 11 is 0. The first-order valence-corrected chi connectivity index (χ1v) is 14.1. The van der Waals surface area contributed by atoms with E-state index >= 15 is 0 Å². The number of nitrogens with one attached hydrogen (secondary N) is 1. The standard InChI is InChI=1S/C29H50N2O3/c1-2-3-4-5-6-7-8-9-10-11-12-13-14-17-28(33)30-27(24-31-22-15-16-23-31)29(34)25-18-20-26(32)21-19-25/h18-21,27,29,32,34H,2-17,22-24H2,1H3,(H,30,33)/t27-,29+/m1/s1. The topological polar surface area (TPSA) is 72.8 Å². The lowest BCUT2D eigenvalue weighted by Crippen LogP contribution is -2.46. The van der Waals surface area contributed by atoms with Crippen LogP contribution in [-0.4, -0.2) is 46.7 Å². The molecule has 5 nitrogen and oxygen atoms in total. The molecule has 0 spiro atoms. The number of hydrogen-bond donors (Lipinski definition) is 3. The highest BCUT2D eigenvalue weighted by Gasteiger charge is 2.26. The summed E-state index contributed by atoms with van der Waals surface area (Å²) in [6.45, 7) is 4.97. The Morgan fingerprint density at radius 3 is 1.88 bits per heavy atom. The summed E-state index contributed by atoms with van der Waals surface area (Å²) in [5.74, 6) is 0.212. The Hall–Kier alpha value is -1.59. The van der Waals surface area contributed by atoms with Gasteiger partial charge in [0.2, 0.25) is 5.91 Å². The van der Waals surface area contributed by atoms with Crippen molar-refractivity contribution >= 4 is 5.91 Å². The Morgan fingerprint density at radius 1 is 0.853 bits per heavy atom. The molecule has 0 radical (unpaired) electrons. The summed E-state index contributed by atoms with van der Waals surface area (Å²) in [6, 6.07) is 6.30. The number of aliphatic hydroxyl groups excluding tert-OH is 1. The molecule has 1 heterocycles. The van der Waals surface area contributed by atoms with Crippen LogP contribution in [0.25, 0.3) is 0 Å². The van der Waals surface area contributed by atoms with E-state index in [4.69, 9.17) is 0 Å². The van der Waals surface area contributed by atoms with Gasteiger partial charge >= 0.3 is 0 Å². The molecule has 2 rings (SSSR count). The van der Waals surface area contributed by atoms with Crippen molar-refractivity contribution in [3.8, 4) is 5.75 Å². The first-order valence-electron chi connectivity index (χ1n) is 14.1. The Balaban J connectivity index is 1.60. The maximum Gasteiger partial charge on any atom is 0.220 e. The molecule has 1 aliphatic rings. The molecule has 34 heavy (non-hydrogen) atoms. The number of unbranched alkanes of at least 4 members (excludes halogenated alkanes) is 12. The smallest absolute Gasteiger partial charge is 0.220 e. The monoisotopic (exact) mass is 474 g/mol. The van der Waals surface area contributed by atoms with Gasteiger partial charge < -0.3 is 20.4 Å². The molecular formula is C29H50N2O3. The van der Waals surface area contributed by atoms with Gasteiger partial charge in [0.1, 0.15) is 11.9 Å². The number of phenolic OH excluding ortho intramolecular Hbond substituents is 1. The first-order chi connectivity index (χ1) is 16.6. The third-order valence-corrected chi connectivity index (χ3v) is 7.12. The number of carbonyl (C=O) groups is 1. The summed E-state index contributed by atoms with van der Waals surface area (Å²) in [5.41, 5.74) is 0.725. The molecule has 0 aromatic heterocycles. The van der Waals surface area contributed by atoms with Gasteiger partial charge in [0, 0.05) is 13.0 Å². The van der Waals surface area contributed by atoms with Crippen molar-refractivity contribution in [2.75, 3.05) is 19.6 Å². The van der Waals surface area contributed by atoms with E-state index in [2.05, 4.69) is 17.1 Å². The van der Waals surface area contributed by atoms with E-state index in [0.29, 0.717) is 13.0 Å². The Bertz CT molecular complexity index is 643. The fourth-order valence-corrected chi connectivity index (χ4v) is 4.95. The zero-order chi connectivity index (χ0) is 24.4. The molecule has 194 valence electrons. The Kier molecular flexibility index (Phi) is 15.0. The van der Waals surface area contributed by atoms with Gasteiger partial charge in [0.15, 0.2) is 0 Å². The molecule has 1 fully saturated rings. The molecule has 3 N–H and O–H groups in total. The van der Waals surface area contributed by atoms with E-state index in [-0.39, 0.29) is 17.7 Å². The van der Waals surface area contributed by atoms with Crippen LogP contribution in [0.1, 0.15) is 121 Å². The second-order valence-electron chi connectivity index (χ2n) is 10.2. The van der Waals surface area contributed by atoms with Gasteiger partial charge in [-0.3, -0.25) is 4.79 Å². The van der Waals surface area contributed by atoms with Crippen molar-refractivity contribution < 1.29 is 15.0 Å². The zero-order valence-corrected chi connectivity index (χ0v) is 21.6. The number of aromatic hydroxyl groups is 1. The number of amides is 1. The predicted octanol–water partition coefficient (Wildman–Crippen LogP) is 6.49. The van der Waals surface area contributed by atoms with Gasteiger partial charge in [0.05, 0.1) is 6.04 Å². The van der Waals surface area contributed by atoms with E-state index in [0.717, 1.165) is 31.5 Å². The summed E-state index contributed by atoms with van der Waals surface area (Å²) in [6.07, 6.45) is 18.9. The van der Waals surface area contributed by atoms with Gasteiger partial charge in [0.25, 0.3) is 0 Å². The fraction of sp³-hybridized carbons (Fsp3) is 0.759. The number of benzene rings is 1. The first kappa shape index (κ1) is 28.6. The lowest BCUT2D eigenvalue weighted by atomic mass is 10.0. The molecule has 0 bridgehead atoms. The number of aliphatic hydroxyl groups is 1. The maximum absolute atomic E-state index is 12.6. The van der Waals surface area contributed by atoms with E-state index in [1.165, 1.54) is 83.5 Å². The number of nitrogens with zero attached hydrogens (tertiary/aromatic N) is 1. The quantitative estimate of drug-likeness (QED) is 0.200. The number of likely N-dealkylation sites (tertiary alicyclic amines) is 1. The largest absolute Gasteiger partial charge is 0.508 e. The van der Waals surface area contributed by atoms with E-state index in [1.807, 2.05) is 0 Å². The lowest BCUT2D eigenvalue weighted by molar-refractivity contribution is -0.123. The van der Waals surface area contributed by atoms with Crippen LogP contribution in [0.2, 0.25) is 0 Å². The fourth-order valence-electron chi connectivity index (χ4n) is 4.95. The molecular weight excluding hydrogens is 424 g/mol. The van der Waals surface area contributed by atoms with E-state index in [9.17, 15) is 15.0 Å². The van der Waals surface area contributed by atoms with Crippen LogP contribution >= 0.6 is 0 Å². The molecule has 0 saturated carbocycles.